The van der Waals surface area contributed by atoms with Crippen LogP contribution in [0.15, 0.2) is 17.4 Å². The first-order chi connectivity index (χ1) is 12.0. The molecular formula is C19H37IN6. The van der Waals surface area contributed by atoms with Crippen molar-refractivity contribution in [3.63, 3.8) is 0 Å². The Kier molecular flexibility index (Phi) is 10.5. The van der Waals surface area contributed by atoms with Crippen LogP contribution < -0.4 is 10.6 Å². The summed E-state index contributed by atoms with van der Waals surface area (Å²) in [5.41, 5.74) is 1.33. The Balaban J connectivity index is 0.00000338. The molecule has 0 spiro atoms. The average Bonchev–Trinajstić information content (AvgIpc) is 3.02. The van der Waals surface area contributed by atoms with Gasteiger partial charge in [-0.25, -0.2) is 0 Å². The molecule has 0 unspecified atom stereocenters. The normalized spacial score (nSPS) is 16.2. The van der Waals surface area contributed by atoms with Gasteiger partial charge in [0.15, 0.2) is 5.96 Å². The summed E-state index contributed by atoms with van der Waals surface area (Å²) in [6, 6.07) is 0. The first kappa shape index (κ1) is 23.2. The number of hydrogen-bond acceptors (Lipinski definition) is 3. The smallest absolute Gasteiger partial charge is 0.191 e. The van der Waals surface area contributed by atoms with Gasteiger partial charge < -0.3 is 10.6 Å². The fourth-order valence-corrected chi connectivity index (χ4v) is 3.25. The second kappa shape index (κ2) is 11.8. The van der Waals surface area contributed by atoms with E-state index in [1.807, 2.05) is 10.9 Å². The van der Waals surface area contributed by atoms with Crippen LogP contribution in [-0.4, -0.2) is 58.9 Å². The Morgan fingerprint density at radius 3 is 2.58 bits per heavy atom. The summed E-state index contributed by atoms with van der Waals surface area (Å²) in [7, 11) is 0. The number of likely N-dealkylation sites (tertiary alicyclic amines) is 1. The molecule has 2 heterocycles. The summed E-state index contributed by atoms with van der Waals surface area (Å²) >= 11 is 0. The zero-order valence-electron chi connectivity index (χ0n) is 16.9. The molecule has 0 bridgehead atoms. The second-order valence-electron chi connectivity index (χ2n) is 7.62. The number of rotatable bonds is 8. The van der Waals surface area contributed by atoms with Crippen LogP contribution >= 0.6 is 24.0 Å². The third kappa shape index (κ3) is 7.82. The van der Waals surface area contributed by atoms with Gasteiger partial charge in [0.05, 0.1) is 12.7 Å². The Morgan fingerprint density at radius 2 is 1.96 bits per heavy atom. The first-order valence-electron chi connectivity index (χ1n) is 9.77. The number of aromatic nitrogens is 2. The lowest BCUT2D eigenvalue weighted by Crippen LogP contribution is -2.49. The molecule has 7 heteroatoms. The standard InChI is InChI=1S/C19H36N6.HI/c1-5-20-18(21-10-9-13-25-15-17(2)14-23-25)22-16-19(3,4)24-11-7-6-8-12-24;/h14-15H,5-13,16H2,1-4H3,(H2,20,21,22);1H. The van der Waals surface area contributed by atoms with Crippen LogP contribution in [0.1, 0.15) is 52.0 Å². The number of aryl methyl sites for hydroxylation is 2. The van der Waals surface area contributed by atoms with Gasteiger partial charge >= 0.3 is 0 Å². The van der Waals surface area contributed by atoms with E-state index in [1.54, 1.807) is 0 Å². The molecule has 0 atom stereocenters. The quantitative estimate of drug-likeness (QED) is 0.262. The number of halogens is 1. The maximum atomic E-state index is 4.84. The summed E-state index contributed by atoms with van der Waals surface area (Å²) in [5, 5.41) is 11.1. The molecule has 26 heavy (non-hydrogen) atoms. The minimum atomic E-state index is 0. The van der Waals surface area contributed by atoms with Crippen LogP contribution in [0, 0.1) is 6.92 Å². The molecule has 0 aromatic carbocycles. The molecule has 1 aliphatic rings. The van der Waals surface area contributed by atoms with E-state index in [4.69, 9.17) is 4.99 Å². The van der Waals surface area contributed by atoms with Crippen LogP contribution in [0.5, 0.6) is 0 Å². The van der Waals surface area contributed by atoms with Crippen molar-refractivity contribution in [2.45, 2.75) is 65.5 Å². The van der Waals surface area contributed by atoms with Gasteiger partial charge in [0.1, 0.15) is 0 Å². The summed E-state index contributed by atoms with van der Waals surface area (Å²) in [6.07, 6.45) is 9.02. The zero-order chi connectivity index (χ0) is 18.1. The van der Waals surface area contributed by atoms with Crippen molar-refractivity contribution in [3.8, 4) is 0 Å². The molecule has 1 saturated heterocycles. The van der Waals surface area contributed by atoms with E-state index in [-0.39, 0.29) is 29.5 Å². The molecule has 6 nitrogen and oxygen atoms in total. The van der Waals surface area contributed by atoms with Crippen molar-refractivity contribution in [3.05, 3.63) is 18.0 Å². The SMILES string of the molecule is CCNC(=NCC(C)(C)N1CCCCC1)NCCCn1cc(C)cn1.I. The highest BCUT2D eigenvalue weighted by Gasteiger charge is 2.27. The predicted molar refractivity (Wildman–Crippen MR) is 120 cm³/mol. The van der Waals surface area contributed by atoms with E-state index in [9.17, 15) is 0 Å². The van der Waals surface area contributed by atoms with Gasteiger partial charge in [-0.05, 0) is 65.6 Å². The molecule has 0 aliphatic carbocycles. The maximum absolute atomic E-state index is 4.84. The van der Waals surface area contributed by atoms with Crippen LogP contribution in [0.2, 0.25) is 0 Å². The first-order valence-corrected chi connectivity index (χ1v) is 9.77. The molecule has 0 radical (unpaired) electrons. The fraction of sp³-hybridized carbons (Fsp3) is 0.789. The largest absolute Gasteiger partial charge is 0.357 e. The minimum absolute atomic E-state index is 0. The lowest BCUT2D eigenvalue weighted by Gasteiger charge is -2.40. The van der Waals surface area contributed by atoms with Gasteiger partial charge in [-0.3, -0.25) is 14.6 Å². The highest BCUT2D eigenvalue weighted by atomic mass is 127. The molecule has 0 amide bonds. The summed E-state index contributed by atoms with van der Waals surface area (Å²) < 4.78 is 2.00. The second-order valence-corrected chi connectivity index (χ2v) is 7.62. The van der Waals surface area contributed by atoms with Gasteiger partial charge in [-0.15, -0.1) is 24.0 Å². The number of guanidine groups is 1. The molecule has 2 rings (SSSR count). The number of aliphatic imine (C=N–C) groups is 1. The summed E-state index contributed by atoms with van der Waals surface area (Å²) in [5.74, 6) is 0.921. The number of nitrogens with one attached hydrogen (secondary N) is 2. The van der Waals surface area contributed by atoms with Crippen molar-refractivity contribution < 1.29 is 0 Å². The molecule has 0 saturated carbocycles. The molecule has 2 N–H and O–H groups in total. The predicted octanol–water partition coefficient (Wildman–Crippen LogP) is 3.02. The molecule has 150 valence electrons. The monoisotopic (exact) mass is 476 g/mol. The third-order valence-corrected chi connectivity index (χ3v) is 4.80. The molecule has 1 fully saturated rings. The van der Waals surface area contributed by atoms with Crippen molar-refractivity contribution in [2.75, 3.05) is 32.7 Å². The van der Waals surface area contributed by atoms with Crippen molar-refractivity contribution in [1.82, 2.24) is 25.3 Å². The Labute approximate surface area is 176 Å². The molecular weight excluding hydrogens is 439 g/mol. The number of nitrogens with zero attached hydrogens (tertiary/aromatic N) is 4. The molecule has 1 aromatic heterocycles. The van der Waals surface area contributed by atoms with Gasteiger partial charge in [-0.1, -0.05) is 6.42 Å². The third-order valence-electron chi connectivity index (χ3n) is 4.80. The summed E-state index contributed by atoms with van der Waals surface area (Å²) in [4.78, 5) is 7.43. The van der Waals surface area contributed by atoms with Gasteiger partial charge in [-0.2, -0.15) is 5.10 Å². The van der Waals surface area contributed by atoms with Crippen LogP contribution in [0.3, 0.4) is 0 Å². The Bertz CT molecular complexity index is 534. The van der Waals surface area contributed by atoms with Crippen LogP contribution in [-0.2, 0) is 6.54 Å². The van der Waals surface area contributed by atoms with Crippen LogP contribution in [0.25, 0.3) is 0 Å². The van der Waals surface area contributed by atoms with Gasteiger partial charge in [0.2, 0.25) is 0 Å². The lowest BCUT2D eigenvalue weighted by atomic mass is 9.99. The molecule has 1 aliphatic heterocycles. The fourth-order valence-electron chi connectivity index (χ4n) is 3.25. The minimum Gasteiger partial charge on any atom is -0.357 e. The van der Waals surface area contributed by atoms with Gasteiger partial charge in [0, 0.05) is 31.4 Å². The highest BCUT2D eigenvalue weighted by Crippen LogP contribution is 2.20. The van der Waals surface area contributed by atoms with E-state index in [2.05, 4.69) is 54.5 Å². The van der Waals surface area contributed by atoms with Crippen LogP contribution in [0.4, 0.5) is 0 Å². The maximum Gasteiger partial charge on any atom is 0.191 e. The van der Waals surface area contributed by atoms with E-state index < -0.39 is 0 Å². The lowest BCUT2D eigenvalue weighted by molar-refractivity contribution is 0.102. The highest BCUT2D eigenvalue weighted by molar-refractivity contribution is 14.0. The van der Waals surface area contributed by atoms with Gasteiger partial charge in [0.25, 0.3) is 0 Å². The van der Waals surface area contributed by atoms with E-state index in [0.29, 0.717) is 0 Å². The van der Waals surface area contributed by atoms with E-state index in [0.717, 1.165) is 38.6 Å². The van der Waals surface area contributed by atoms with E-state index in [1.165, 1.54) is 37.9 Å². The number of piperidine rings is 1. The topological polar surface area (TPSA) is 57.5 Å². The Morgan fingerprint density at radius 1 is 1.23 bits per heavy atom. The van der Waals surface area contributed by atoms with Crippen molar-refractivity contribution in [2.24, 2.45) is 4.99 Å². The van der Waals surface area contributed by atoms with Crippen molar-refractivity contribution in [1.29, 1.82) is 0 Å². The molecule has 1 aromatic rings. The van der Waals surface area contributed by atoms with Crippen molar-refractivity contribution >= 4 is 29.9 Å². The number of hydrogen-bond donors (Lipinski definition) is 2. The Hall–Kier alpha value is -0.830. The zero-order valence-corrected chi connectivity index (χ0v) is 19.3. The summed E-state index contributed by atoms with van der Waals surface area (Å²) in [6.45, 7) is 14.7. The average molecular weight is 476 g/mol. The van der Waals surface area contributed by atoms with E-state index >= 15 is 0 Å².